The predicted octanol–water partition coefficient (Wildman–Crippen LogP) is 4.60. The molecule has 0 radical (unpaired) electrons. The molecule has 0 unspecified atom stereocenters. The predicted molar refractivity (Wildman–Crippen MR) is 101 cm³/mol. The van der Waals surface area contributed by atoms with Gasteiger partial charge in [-0.15, -0.1) is 0 Å². The van der Waals surface area contributed by atoms with Gasteiger partial charge in [-0.25, -0.2) is 0 Å². The van der Waals surface area contributed by atoms with E-state index in [4.69, 9.17) is 33.7 Å². The molecule has 0 aliphatic carbocycles. The molecule has 2 aromatic rings. The van der Waals surface area contributed by atoms with Gasteiger partial charge in [0.15, 0.2) is 0 Å². The summed E-state index contributed by atoms with van der Waals surface area (Å²) in [5, 5.41) is 0.933. The molecule has 132 valence electrons. The molecule has 1 aliphatic rings. The van der Waals surface area contributed by atoms with E-state index in [9.17, 15) is 4.79 Å². The summed E-state index contributed by atoms with van der Waals surface area (Å²) >= 11 is 12.1. The van der Waals surface area contributed by atoms with Crippen LogP contribution in [0, 0.1) is 5.92 Å². The van der Waals surface area contributed by atoms with E-state index in [0.29, 0.717) is 39.6 Å². The smallest absolute Gasteiger partial charge is 0.257 e. The number of para-hydroxylation sites is 1. The molecule has 0 saturated carbocycles. The number of nitrogens with zero attached hydrogens (tertiary/aromatic N) is 1. The number of likely N-dealkylation sites (tertiary alicyclic amines) is 1. The van der Waals surface area contributed by atoms with Gasteiger partial charge in [-0.1, -0.05) is 35.3 Å². The number of piperidine rings is 1. The van der Waals surface area contributed by atoms with Crippen LogP contribution in [0.4, 0.5) is 0 Å². The van der Waals surface area contributed by atoms with Crippen molar-refractivity contribution in [1.82, 2.24) is 4.90 Å². The molecule has 6 heteroatoms. The Labute approximate surface area is 157 Å². The molecule has 2 aromatic carbocycles. The zero-order chi connectivity index (χ0) is 17.8. The lowest BCUT2D eigenvalue weighted by atomic mass is 9.96. The highest BCUT2D eigenvalue weighted by atomic mass is 35.5. The lowest BCUT2D eigenvalue weighted by Crippen LogP contribution is -2.40. The average molecular weight is 379 g/mol. The third-order valence-electron chi connectivity index (χ3n) is 4.47. The Morgan fingerprint density at radius 3 is 2.52 bits per heavy atom. The summed E-state index contributed by atoms with van der Waals surface area (Å²) in [6.07, 6.45) is 1.88. The van der Waals surface area contributed by atoms with Crippen LogP contribution < -0.4 is 10.5 Å². The monoisotopic (exact) mass is 378 g/mol. The first-order valence-corrected chi connectivity index (χ1v) is 9.05. The summed E-state index contributed by atoms with van der Waals surface area (Å²) in [7, 11) is 0. The number of hydrogen-bond acceptors (Lipinski definition) is 3. The van der Waals surface area contributed by atoms with Crippen LogP contribution in [0.1, 0.15) is 23.2 Å². The quantitative estimate of drug-likeness (QED) is 0.845. The van der Waals surface area contributed by atoms with Gasteiger partial charge in [0.1, 0.15) is 11.5 Å². The fourth-order valence-electron chi connectivity index (χ4n) is 2.95. The van der Waals surface area contributed by atoms with Crippen LogP contribution in [0.5, 0.6) is 11.5 Å². The Morgan fingerprint density at radius 2 is 1.84 bits per heavy atom. The topological polar surface area (TPSA) is 55.6 Å². The molecule has 1 aliphatic heterocycles. The number of rotatable bonds is 4. The molecule has 3 rings (SSSR count). The summed E-state index contributed by atoms with van der Waals surface area (Å²) in [6, 6.07) is 12.2. The van der Waals surface area contributed by atoms with Crippen molar-refractivity contribution in [2.45, 2.75) is 12.8 Å². The van der Waals surface area contributed by atoms with Crippen molar-refractivity contribution in [3.63, 3.8) is 0 Å². The molecule has 1 fully saturated rings. The van der Waals surface area contributed by atoms with Gasteiger partial charge in [0.2, 0.25) is 0 Å². The molecule has 0 aromatic heterocycles. The minimum atomic E-state index is -0.0313. The van der Waals surface area contributed by atoms with Gasteiger partial charge in [0, 0.05) is 18.1 Å². The summed E-state index contributed by atoms with van der Waals surface area (Å²) in [5.74, 6) is 1.42. The van der Waals surface area contributed by atoms with E-state index < -0.39 is 0 Å². The molecular formula is C19H20Cl2N2O2. The summed E-state index contributed by atoms with van der Waals surface area (Å²) in [4.78, 5) is 14.8. The minimum Gasteiger partial charge on any atom is -0.455 e. The summed E-state index contributed by atoms with van der Waals surface area (Å²) in [6.45, 7) is 2.12. The van der Waals surface area contributed by atoms with E-state index in [1.165, 1.54) is 0 Å². The second-order valence-corrected chi connectivity index (χ2v) is 6.99. The number of hydrogen-bond donors (Lipinski definition) is 1. The lowest BCUT2D eigenvalue weighted by Gasteiger charge is -2.31. The SMILES string of the molecule is NCC1CCN(C(=O)c2ccccc2Oc2ccc(Cl)cc2Cl)CC1. The molecule has 25 heavy (non-hydrogen) atoms. The number of halogens is 2. The maximum absolute atomic E-state index is 12.9. The Kier molecular flexibility index (Phi) is 5.84. The van der Waals surface area contributed by atoms with Crippen LogP contribution in [0.2, 0.25) is 10.0 Å². The highest BCUT2D eigenvalue weighted by Crippen LogP contribution is 2.33. The summed E-state index contributed by atoms with van der Waals surface area (Å²) in [5.41, 5.74) is 6.25. The third kappa shape index (κ3) is 4.27. The normalized spacial score (nSPS) is 15.2. The Bertz CT molecular complexity index is 759. The fourth-order valence-corrected chi connectivity index (χ4v) is 3.40. The van der Waals surface area contributed by atoms with E-state index in [-0.39, 0.29) is 5.91 Å². The molecule has 2 N–H and O–H groups in total. The average Bonchev–Trinajstić information content (AvgIpc) is 2.64. The Hall–Kier alpha value is -1.75. The summed E-state index contributed by atoms with van der Waals surface area (Å²) < 4.78 is 5.89. The molecule has 1 amide bonds. The molecule has 4 nitrogen and oxygen atoms in total. The molecule has 1 saturated heterocycles. The highest BCUT2D eigenvalue weighted by Gasteiger charge is 2.25. The van der Waals surface area contributed by atoms with E-state index in [1.54, 1.807) is 30.3 Å². The van der Waals surface area contributed by atoms with Crippen molar-refractivity contribution in [2.24, 2.45) is 11.7 Å². The van der Waals surface area contributed by atoms with Gasteiger partial charge in [-0.05, 0) is 55.6 Å². The van der Waals surface area contributed by atoms with Gasteiger partial charge < -0.3 is 15.4 Å². The van der Waals surface area contributed by atoms with Crippen LogP contribution in [0.3, 0.4) is 0 Å². The first-order valence-electron chi connectivity index (χ1n) is 8.29. The first kappa shape index (κ1) is 18.1. The van der Waals surface area contributed by atoms with E-state index in [2.05, 4.69) is 0 Å². The van der Waals surface area contributed by atoms with Gasteiger partial charge in [0.25, 0.3) is 5.91 Å². The van der Waals surface area contributed by atoms with E-state index in [0.717, 1.165) is 25.9 Å². The standard InChI is InChI=1S/C19H20Cl2N2O2/c20-14-5-6-18(16(21)11-14)25-17-4-2-1-3-15(17)19(24)23-9-7-13(12-22)8-10-23/h1-6,11,13H,7-10,12,22H2. The zero-order valence-corrected chi connectivity index (χ0v) is 15.3. The number of benzene rings is 2. The second kappa shape index (κ2) is 8.09. The van der Waals surface area contributed by atoms with Crippen LogP contribution in [0.25, 0.3) is 0 Å². The molecule has 0 atom stereocenters. The number of carbonyl (C=O) groups excluding carboxylic acids is 1. The Balaban J connectivity index is 1.80. The van der Waals surface area contributed by atoms with Gasteiger partial charge in [-0.3, -0.25) is 4.79 Å². The van der Waals surface area contributed by atoms with Gasteiger partial charge in [0.05, 0.1) is 10.6 Å². The largest absolute Gasteiger partial charge is 0.455 e. The van der Waals surface area contributed by atoms with Gasteiger partial charge >= 0.3 is 0 Å². The van der Waals surface area contributed by atoms with Crippen molar-refractivity contribution in [3.05, 3.63) is 58.1 Å². The second-order valence-electron chi connectivity index (χ2n) is 6.14. The van der Waals surface area contributed by atoms with Gasteiger partial charge in [-0.2, -0.15) is 0 Å². The van der Waals surface area contributed by atoms with E-state index in [1.807, 2.05) is 17.0 Å². The number of ether oxygens (including phenoxy) is 1. The number of carbonyl (C=O) groups is 1. The van der Waals surface area contributed by atoms with Crippen molar-refractivity contribution >= 4 is 29.1 Å². The first-order chi connectivity index (χ1) is 12.1. The van der Waals surface area contributed by atoms with Crippen molar-refractivity contribution in [1.29, 1.82) is 0 Å². The van der Waals surface area contributed by atoms with E-state index >= 15 is 0 Å². The van der Waals surface area contributed by atoms with Crippen molar-refractivity contribution < 1.29 is 9.53 Å². The van der Waals surface area contributed by atoms with Crippen molar-refractivity contribution in [3.8, 4) is 11.5 Å². The Morgan fingerprint density at radius 1 is 1.12 bits per heavy atom. The van der Waals surface area contributed by atoms with Crippen LogP contribution in [-0.2, 0) is 0 Å². The third-order valence-corrected chi connectivity index (χ3v) is 5.00. The number of amides is 1. The maximum Gasteiger partial charge on any atom is 0.257 e. The van der Waals surface area contributed by atoms with Crippen LogP contribution in [-0.4, -0.2) is 30.4 Å². The zero-order valence-electron chi connectivity index (χ0n) is 13.8. The van der Waals surface area contributed by atoms with Crippen molar-refractivity contribution in [2.75, 3.05) is 19.6 Å². The number of nitrogens with two attached hydrogens (primary N) is 1. The maximum atomic E-state index is 12.9. The highest BCUT2D eigenvalue weighted by molar-refractivity contribution is 6.35. The molecule has 0 spiro atoms. The van der Waals surface area contributed by atoms with Crippen LogP contribution >= 0.6 is 23.2 Å². The lowest BCUT2D eigenvalue weighted by molar-refractivity contribution is 0.0691. The molecule has 1 heterocycles. The minimum absolute atomic E-state index is 0.0313. The van der Waals surface area contributed by atoms with Crippen LogP contribution in [0.15, 0.2) is 42.5 Å². The fraction of sp³-hybridized carbons (Fsp3) is 0.316. The molecule has 0 bridgehead atoms. The molecular weight excluding hydrogens is 359 g/mol.